The van der Waals surface area contributed by atoms with Crippen LogP contribution in [0.2, 0.25) is 10.0 Å². The molecule has 76 valence electrons. The SMILES string of the molecule is CCC1CC1(N)c1ncc(Cl)cc1Cl. The Hall–Kier alpha value is -0.310. The molecule has 1 fully saturated rings. The highest BCUT2D eigenvalue weighted by molar-refractivity contribution is 6.34. The van der Waals surface area contributed by atoms with Crippen molar-refractivity contribution in [3.63, 3.8) is 0 Å². The van der Waals surface area contributed by atoms with Crippen LogP contribution < -0.4 is 5.73 Å². The van der Waals surface area contributed by atoms with Gasteiger partial charge in [-0.1, -0.05) is 36.5 Å². The maximum Gasteiger partial charge on any atom is 0.0792 e. The second kappa shape index (κ2) is 3.37. The van der Waals surface area contributed by atoms with Gasteiger partial charge in [0.15, 0.2) is 0 Å². The average molecular weight is 231 g/mol. The minimum atomic E-state index is -0.309. The van der Waals surface area contributed by atoms with Crippen molar-refractivity contribution < 1.29 is 0 Å². The molecule has 1 aliphatic rings. The van der Waals surface area contributed by atoms with Crippen LogP contribution in [0, 0.1) is 5.92 Å². The van der Waals surface area contributed by atoms with Crippen molar-refractivity contribution in [2.75, 3.05) is 0 Å². The van der Waals surface area contributed by atoms with E-state index in [1.165, 1.54) is 0 Å². The molecule has 0 aromatic carbocycles. The first-order chi connectivity index (χ1) is 6.58. The second-order valence-corrected chi connectivity index (χ2v) is 4.68. The number of hydrogen-bond donors (Lipinski definition) is 1. The Bertz CT molecular complexity index is 367. The monoisotopic (exact) mass is 230 g/mol. The fourth-order valence-electron chi connectivity index (χ4n) is 1.90. The molecule has 4 heteroatoms. The molecule has 0 saturated heterocycles. The summed E-state index contributed by atoms with van der Waals surface area (Å²) in [6.07, 6.45) is 3.64. The molecular formula is C10H12Cl2N2. The van der Waals surface area contributed by atoms with E-state index in [0.717, 1.165) is 18.5 Å². The van der Waals surface area contributed by atoms with Crippen molar-refractivity contribution in [1.29, 1.82) is 0 Å². The minimum Gasteiger partial charge on any atom is -0.320 e. The zero-order chi connectivity index (χ0) is 10.3. The van der Waals surface area contributed by atoms with Gasteiger partial charge < -0.3 is 5.73 Å². The Labute approximate surface area is 93.4 Å². The van der Waals surface area contributed by atoms with E-state index < -0.39 is 0 Å². The van der Waals surface area contributed by atoms with E-state index in [0.29, 0.717) is 16.0 Å². The lowest BCUT2D eigenvalue weighted by Crippen LogP contribution is -2.24. The third-order valence-electron chi connectivity index (χ3n) is 2.89. The van der Waals surface area contributed by atoms with Gasteiger partial charge in [-0.25, -0.2) is 0 Å². The second-order valence-electron chi connectivity index (χ2n) is 3.83. The zero-order valence-electron chi connectivity index (χ0n) is 7.93. The first-order valence-electron chi connectivity index (χ1n) is 4.68. The van der Waals surface area contributed by atoms with E-state index in [1.54, 1.807) is 12.3 Å². The summed E-state index contributed by atoms with van der Waals surface area (Å²) >= 11 is 11.8. The quantitative estimate of drug-likeness (QED) is 0.849. The van der Waals surface area contributed by atoms with Crippen LogP contribution in [0.15, 0.2) is 12.3 Å². The largest absolute Gasteiger partial charge is 0.320 e. The van der Waals surface area contributed by atoms with Crippen LogP contribution in [-0.4, -0.2) is 4.98 Å². The van der Waals surface area contributed by atoms with Crippen molar-refractivity contribution in [3.05, 3.63) is 28.0 Å². The molecule has 2 N–H and O–H groups in total. The first kappa shape index (κ1) is 10.2. The van der Waals surface area contributed by atoms with Crippen LogP contribution >= 0.6 is 23.2 Å². The molecule has 0 radical (unpaired) electrons. The molecule has 1 saturated carbocycles. The Balaban J connectivity index is 2.34. The van der Waals surface area contributed by atoms with Gasteiger partial charge in [0.25, 0.3) is 0 Å². The molecule has 2 rings (SSSR count). The van der Waals surface area contributed by atoms with E-state index >= 15 is 0 Å². The van der Waals surface area contributed by atoms with E-state index in [1.807, 2.05) is 0 Å². The lowest BCUT2D eigenvalue weighted by atomic mass is 10.1. The van der Waals surface area contributed by atoms with Gasteiger partial charge in [0.2, 0.25) is 0 Å². The van der Waals surface area contributed by atoms with Crippen LogP contribution in [0.25, 0.3) is 0 Å². The van der Waals surface area contributed by atoms with Gasteiger partial charge in [-0.2, -0.15) is 0 Å². The average Bonchev–Trinajstić information content (AvgIpc) is 2.77. The van der Waals surface area contributed by atoms with Gasteiger partial charge in [0.05, 0.1) is 21.3 Å². The highest BCUT2D eigenvalue weighted by Gasteiger charge is 2.53. The number of nitrogens with two attached hydrogens (primary N) is 1. The molecule has 0 amide bonds. The van der Waals surface area contributed by atoms with Crippen LogP contribution in [0.3, 0.4) is 0 Å². The van der Waals surface area contributed by atoms with Crippen LogP contribution in [0.1, 0.15) is 25.5 Å². The number of pyridine rings is 1. The molecule has 2 atom stereocenters. The zero-order valence-corrected chi connectivity index (χ0v) is 9.44. The van der Waals surface area contributed by atoms with Gasteiger partial charge in [-0.15, -0.1) is 0 Å². The third kappa shape index (κ3) is 1.52. The van der Waals surface area contributed by atoms with Gasteiger partial charge in [0.1, 0.15) is 0 Å². The highest BCUT2D eigenvalue weighted by atomic mass is 35.5. The summed E-state index contributed by atoms with van der Waals surface area (Å²) < 4.78 is 0. The lowest BCUT2D eigenvalue weighted by Gasteiger charge is -2.12. The standard InChI is InChI=1S/C10H12Cl2N2/c1-2-6-4-10(6,13)9-8(12)3-7(11)5-14-9/h3,5-6H,2,4,13H2,1H3. The molecule has 1 aliphatic carbocycles. The molecule has 1 heterocycles. The van der Waals surface area contributed by atoms with E-state index in [9.17, 15) is 0 Å². The maximum atomic E-state index is 6.18. The van der Waals surface area contributed by atoms with Crippen LogP contribution in [0.5, 0.6) is 0 Å². The molecule has 0 spiro atoms. The summed E-state index contributed by atoms with van der Waals surface area (Å²) in [4.78, 5) is 4.22. The molecule has 0 bridgehead atoms. The fourth-order valence-corrected chi connectivity index (χ4v) is 2.46. The van der Waals surface area contributed by atoms with Crippen molar-refractivity contribution in [2.45, 2.75) is 25.3 Å². The number of hydrogen-bond acceptors (Lipinski definition) is 2. The summed E-state index contributed by atoms with van der Waals surface area (Å²) in [5.74, 6) is 0.508. The van der Waals surface area contributed by atoms with Crippen molar-refractivity contribution >= 4 is 23.2 Å². The molecule has 1 aromatic rings. The van der Waals surface area contributed by atoms with Gasteiger partial charge >= 0.3 is 0 Å². The molecule has 14 heavy (non-hydrogen) atoms. The minimum absolute atomic E-state index is 0.309. The normalized spacial score (nSPS) is 30.4. The smallest absolute Gasteiger partial charge is 0.0792 e. The molecule has 1 aromatic heterocycles. The van der Waals surface area contributed by atoms with E-state index in [2.05, 4.69) is 11.9 Å². The maximum absolute atomic E-state index is 6.18. The Morgan fingerprint density at radius 1 is 1.64 bits per heavy atom. The Morgan fingerprint density at radius 2 is 2.36 bits per heavy atom. The number of aromatic nitrogens is 1. The van der Waals surface area contributed by atoms with E-state index in [4.69, 9.17) is 28.9 Å². The summed E-state index contributed by atoms with van der Waals surface area (Å²) in [6, 6.07) is 1.70. The van der Waals surface area contributed by atoms with Crippen molar-refractivity contribution in [1.82, 2.24) is 4.98 Å². The predicted molar refractivity (Wildman–Crippen MR) is 58.5 cm³/mol. The Kier molecular flexibility index (Phi) is 2.46. The van der Waals surface area contributed by atoms with E-state index in [-0.39, 0.29) is 5.54 Å². The number of nitrogens with zero attached hydrogens (tertiary/aromatic N) is 1. The first-order valence-corrected chi connectivity index (χ1v) is 5.44. The van der Waals surface area contributed by atoms with Crippen LogP contribution in [-0.2, 0) is 5.54 Å². The fraction of sp³-hybridized carbons (Fsp3) is 0.500. The van der Waals surface area contributed by atoms with Crippen molar-refractivity contribution in [2.24, 2.45) is 11.7 Å². The summed E-state index contributed by atoms with van der Waals surface area (Å²) in [5.41, 5.74) is 6.66. The topological polar surface area (TPSA) is 38.9 Å². The molecular weight excluding hydrogens is 219 g/mol. The summed E-state index contributed by atoms with van der Waals surface area (Å²) in [5, 5.41) is 1.13. The molecule has 0 aliphatic heterocycles. The summed E-state index contributed by atoms with van der Waals surface area (Å²) in [7, 11) is 0. The highest BCUT2D eigenvalue weighted by Crippen LogP contribution is 2.52. The number of rotatable bonds is 2. The third-order valence-corrected chi connectivity index (χ3v) is 3.39. The van der Waals surface area contributed by atoms with Crippen LogP contribution in [0.4, 0.5) is 0 Å². The number of halogens is 2. The van der Waals surface area contributed by atoms with Gasteiger partial charge in [-0.05, 0) is 18.4 Å². The van der Waals surface area contributed by atoms with Gasteiger partial charge in [0, 0.05) is 6.20 Å². The van der Waals surface area contributed by atoms with Gasteiger partial charge in [-0.3, -0.25) is 4.98 Å². The summed E-state index contributed by atoms with van der Waals surface area (Å²) in [6.45, 7) is 2.13. The van der Waals surface area contributed by atoms with Crippen molar-refractivity contribution in [3.8, 4) is 0 Å². The molecule has 2 nitrogen and oxygen atoms in total. The lowest BCUT2D eigenvalue weighted by molar-refractivity contribution is 0.599. The molecule has 2 unspecified atom stereocenters. The Morgan fingerprint density at radius 3 is 2.86 bits per heavy atom. The predicted octanol–water partition coefficient (Wildman–Crippen LogP) is 2.97.